The first-order chi connectivity index (χ1) is 19.3. The van der Waals surface area contributed by atoms with Crippen LogP contribution in [0.15, 0.2) is 121 Å². The van der Waals surface area contributed by atoms with Gasteiger partial charge in [0.1, 0.15) is 0 Å². The van der Waals surface area contributed by atoms with Crippen LogP contribution < -0.4 is 0 Å². The number of para-hydroxylation sites is 1. The van der Waals surface area contributed by atoms with Crippen LogP contribution in [-0.2, 0) is 10.8 Å². The fraction of sp³-hybridized carbons (Fsp3) is 0.158. The highest BCUT2D eigenvalue weighted by atomic mass is 14.9. The Bertz CT molecular complexity index is 1900. The summed E-state index contributed by atoms with van der Waals surface area (Å²) in [4.78, 5) is 10.3. The number of aromatic nitrogens is 2. The van der Waals surface area contributed by atoms with Gasteiger partial charge >= 0.3 is 0 Å². The van der Waals surface area contributed by atoms with E-state index >= 15 is 0 Å². The van der Waals surface area contributed by atoms with Crippen LogP contribution in [0.25, 0.3) is 55.8 Å². The smallest absolute Gasteiger partial charge is 0.160 e. The monoisotopic (exact) mass is 516 g/mol. The maximum Gasteiger partial charge on any atom is 0.160 e. The molecule has 1 aliphatic carbocycles. The predicted octanol–water partition coefficient (Wildman–Crippen LogP) is 9.87. The summed E-state index contributed by atoms with van der Waals surface area (Å²) in [5.74, 6) is 0.752. The summed E-state index contributed by atoms with van der Waals surface area (Å²) in [6, 6.07) is 43.2. The minimum Gasteiger partial charge on any atom is -0.228 e. The van der Waals surface area contributed by atoms with Crippen molar-refractivity contribution in [1.82, 2.24) is 9.97 Å². The molecule has 0 saturated carbocycles. The van der Waals surface area contributed by atoms with Crippen molar-refractivity contribution in [1.29, 1.82) is 0 Å². The highest BCUT2D eigenvalue weighted by Crippen LogP contribution is 2.54. The standard InChI is InChI=1S/C38H32N2/c1-37(2)32-19-10-8-17-29(32)31-24-28(21-22-33(31)38(37,3)4)36-39-34-20-11-9-18-30(34)35(40-36)27-16-12-15-26(23-27)25-13-6-5-7-14-25/h5-24H,1-4H3. The molecule has 0 unspecified atom stereocenters. The Labute approximate surface area is 236 Å². The summed E-state index contributed by atoms with van der Waals surface area (Å²) in [5, 5.41) is 1.06. The molecule has 6 aromatic rings. The van der Waals surface area contributed by atoms with Gasteiger partial charge in [0.2, 0.25) is 0 Å². The number of nitrogens with zero attached hydrogens (tertiary/aromatic N) is 2. The number of fused-ring (bicyclic) bond motifs is 4. The summed E-state index contributed by atoms with van der Waals surface area (Å²) in [5.41, 5.74) is 11.7. The molecule has 0 saturated heterocycles. The molecule has 1 aliphatic rings. The van der Waals surface area contributed by atoms with E-state index < -0.39 is 0 Å². The second-order valence-corrected chi connectivity index (χ2v) is 11.9. The zero-order valence-corrected chi connectivity index (χ0v) is 23.4. The number of rotatable bonds is 3. The molecular formula is C38H32N2. The Kier molecular flexibility index (Phi) is 5.50. The maximum absolute atomic E-state index is 5.23. The molecule has 0 N–H and O–H groups in total. The third-order valence-corrected chi connectivity index (χ3v) is 9.25. The largest absolute Gasteiger partial charge is 0.228 e. The molecule has 0 spiro atoms. The number of hydrogen-bond acceptors (Lipinski definition) is 2. The van der Waals surface area contributed by atoms with Crippen molar-refractivity contribution >= 4 is 10.9 Å². The Morgan fingerprint density at radius 1 is 0.450 bits per heavy atom. The minimum atomic E-state index is -0.0253. The SMILES string of the molecule is CC1(C)c2ccccc2-c2cc(-c3nc(-c4cccc(-c5ccccc5)c4)c4ccccc4n3)ccc2C1(C)C. The first kappa shape index (κ1) is 24.5. The van der Waals surface area contributed by atoms with Crippen molar-refractivity contribution < 1.29 is 0 Å². The van der Waals surface area contributed by atoms with Crippen LogP contribution in [0, 0.1) is 0 Å². The van der Waals surface area contributed by atoms with Gasteiger partial charge < -0.3 is 0 Å². The summed E-state index contributed by atoms with van der Waals surface area (Å²) < 4.78 is 0. The third kappa shape index (κ3) is 3.71. The van der Waals surface area contributed by atoms with E-state index in [9.17, 15) is 0 Å². The first-order valence-electron chi connectivity index (χ1n) is 14.0. The topological polar surface area (TPSA) is 25.8 Å². The van der Waals surface area contributed by atoms with E-state index in [0.717, 1.165) is 33.5 Å². The van der Waals surface area contributed by atoms with Crippen molar-refractivity contribution in [2.24, 2.45) is 0 Å². The van der Waals surface area contributed by atoms with Gasteiger partial charge in [0.15, 0.2) is 5.82 Å². The van der Waals surface area contributed by atoms with E-state index in [1.54, 1.807) is 0 Å². The lowest BCUT2D eigenvalue weighted by molar-refractivity contribution is 0.299. The van der Waals surface area contributed by atoms with Crippen molar-refractivity contribution in [3.63, 3.8) is 0 Å². The molecule has 0 fully saturated rings. The van der Waals surface area contributed by atoms with Crippen molar-refractivity contribution in [3.8, 4) is 44.9 Å². The van der Waals surface area contributed by atoms with E-state index in [4.69, 9.17) is 9.97 Å². The second-order valence-electron chi connectivity index (χ2n) is 11.9. The first-order valence-corrected chi connectivity index (χ1v) is 14.0. The molecule has 2 heteroatoms. The van der Waals surface area contributed by atoms with E-state index in [1.807, 2.05) is 0 Å². The molecule has 0 atom stereocenters. The maximum atomic E-state index is 5.23. The van der Waals surface area contributed by atoms with Gasteiger partial charge in [-0.3, -0.25) is 0 Å². The second kappa shape index (κ2) is 8.99. The van der Waals surface area contributed by atoms with Gasteiger partial charge in [0.25, 0.3) is 0 Å². The zero-order chi connectivity index (χ0) is 27.5. The lowest BCUT2D eigenvalue weighted by atomic mass is 9.55. The van der Waals surface area contributed by atoms with Gasteiger partial charge in [-0.1, -0.05) is 131 Å². The Hall–Kier alpha value is -4.56. The van der Waals surface area contributed by atoms with E-state index in [-0.39, 0.29) is 10.8 Å². The molecular weight excluding hydrogens is 484 g/mol. The zero-order valence-electron chi connectivity index (χ0n) is 23.4. The average molecular weight is 517 g/mol. The van der Waals surface area contributed by atoms with Crippen molar-refractivity contribution in [3.05, 3.63) is 132 Å². The van der Waals surface area contributed by atoms with Gasteiger partial charge in [-0.15, -0.1) is 0 Å². The van der Waals surface area contributed by atoms with Crippen LogP contribution in [-0.4, -0.2) is 9.97 Å². The molecule has 2 nitrogen and oxygen atoms in total. The van der Waals surface area contributed by atoms with Crippen LogP contribution in [0.1, 0.15) is 38.8 Å². The molecule has 0 amide bonds. The van der Waals surface area contributed by atoms with Crippen LogP contribution in [0.4, 0.5) is 0 Å². The molecule has 0 aliphatic heterocycles. The molecule has 1 heterocycles. The lowest BCUT2D eigenvalue weighted by Gasteiger charge is -2.48. The Morgan fingerprint density at radius 3 is 1.93 bits per heavy atom. The summed E-state index contributed by atoms with van der Waals surface area (Å²) in [6.07, 6.45) is 0. The Morgan fingerprint density at radius 2 is 1.10 bits per heavy atom. The third-order valence-electron chi connectivity index (χ3n) is 9.25. The fourth-order valence-corrected chi connectivity index (χ4v) is 6.29. The molecule has 7 rings (SSSR count). The molecule has 5 aromatic carbocycles. The Balaban J connectivity index is 1.42. The fourth-order valence-electron chi connectivity index (χ4n) is 6.29. The van der Waals surface area contributed by atoms with E-state index in [1.165, 1.54) is 33.4 Å². The summed E-state index contributed by atoms with van der Waals surface area (Å²) in [6.45, 7) is 9.47. The van der Waals surface area contributed by atoms with Crippen molar-refractivity contribution in [2.45, 2.75) is 38.5 Å². The van der Waals surface area contributed by atoms with Gasteiger partial charge in [-0.2, -0.15) is 0 Å². The highest BCUT2D eigenvalue weighted by molar-refractivity contribution is 5.94. The number of benzene rings is 5. The summed E-state index contributed by atoms with van der Waals surface area (Å²) in [7, 11) is 0. The van der Waals surface area contributed by atoms with Gasteiger partial charge in [0, 0.05) is 16.5 Å². The van der Waals surface area contributed by atoms with Crippen LogP contribution in [0.5, 0.6) is 0 Å². The predicted molar refractivity (Wildman–Crippen MR) is 167 cm³/mol. The van der Waals surface area contributed by atoms with E-state index in [0.29, 0.717) is 0 Å². The van der Waals surface area contributed by atoms with Crippen molar-refractivity contribution in [2.75, 3.05) is 0 Å². The van der Waals surface area contributed by atoms with Crippen LogP contribution >= 0.6 is 0 Å². The molecule has 194 valence electrons. The van der Waals surface area contributed by atoms with Crippen LogP contribution in [0.3, 0.4) is 0 Å². The normalized spacial score (nSPS) is 14.9. The number of hydrogen-bond donors (Lipinski definition) is 0. The molecule has 0 radical (unpaired) electrons. The van der Waals surface area contributed by atoms with Gasteiger partial charge in [-0.05, 0) is 62.4 Å². The molecule has 0 bridgehead atoms. The average Bonchev–Trinajstić information content (AvgIpc) is 3.00. The quantitative estimate of drug-likeness (QED) is 0.234. The lowest BCUT2D eigenvalue weighted by Crippen LogP contribution is -2.43. The highest BCUT2D eigenvalue weighted by Gasteiger charge is 2.45. The van der Waals surface area contributed by atoms with Gasteiger partial charge in [-0.25, -0.2) is 9.97 Å². The van der Waals surface area contributed by atoms with Crippen LogP contribution in [0.2, 0.25) is 0 Å². The molecule has 40 heavy (non-hydrogen) atoms. The molecule has 1 aromatic heterocycles. The van der Waals surface area contributed by atoms with Gasteiger partial charge in [0.05, 0.1) is 11.2 Å². The summed E-state index contributed by atoms with van der Waals surface area (Å²) >= 11 is 0. The van der Waals surface area contributed by atoms with E-state index in [2.05, 4.69) is 149 Å². The minimum absolute atomic E-state index is 0.00843.